The molecule has 2 rings (SSSR count). The van der Waals surface area contributed by atoms with Gasteiger partial charge in [0.2, 0.25) is 15.2 Å². The Balaban J connectivity index is 2.06. The largest absolute Gasteiger partial charge is 0.296 e. The van der Waals surface area contributed by atoms with Crippen LogP contribution in [0, 0.1) is 0 Å². The summed E-state index contributed by atoms with van der Waals surface area (Å²) in [6.07, 6.45) is 2.95. The highest BCUT2D eigenvalue weighted by molar-refractivity contribution is 7.89. The lowest BCUT2D eigenvalue weighted by atomic mass is 10.2. The lowest BCUT2D eigenvalue weighted by Crippen LogP contribution is -2.22. The van der Waals surface area contributed by atoms with Crippen LogP contribution in [-0.4, -0.2) is 42.9 Å². The summed E-state index contributed by atoms with van der Waals surface area (Å²) >= 11 is 1.35. The van der Waals surface area contributed by atoms with Crippen molar-refractivity contribution in [2.24, 2.45) is 0 Å². The van der Waals surface area contributed by atoms with Crippen molar-refractivity contribution in [1.82, 2.24) is 14.5 Å². The summed E-state index contributed by atoms with van der Waals surface area (Å²) in [6.45, 7) is 2.10. The molecule has 1 aromatic carbocycles. The van der Waals surface area contributed by atoms with Crippen molar-refractivity contribution in [3.63, 3.8) is 0 Å². The molecule has 0 atom stereocenters. The van der Waals surface area contributed by atoms with E-state index >= 15 is 0 Å². The van der Waals surface area contributed by atoms with E-state index in [-0.39, 0.29) is 10.8 Å². The zero-order chi connectivity index (χ0) is 17.7. The number of aryl methyl sites for hydroxylation is 1. The molecule has 0 bridgehead atoms. The van der Waals surface area contributed by atoms with Crippen molar-refractivity contribution in [2.45, 2.75) is 31.1 Å². The van der Waals surface area contributed by atoms with E-state index in [1.54, 1.807) is 0 Å². The number of carbonyl (C=O) groups excluding carboxylic acids is 1. The minimum Gasteiger partial charge on any atom is -0.296 e. The fourth-order valence-electron chi connectivity index (χ4n) is 1.89. The van der Waals surface area contributed by atoms with Gasteiger partial charge in [-0.1, -0.05) is 24.7 Å². The highest BCUT2D eigenvalue weighted by Gasteiger charge is 2.18. The average Bonchev–Trinajstić information content (AvgIpc) is 3.00. The van der Waals surface area contributed by atoms with Crippen LogP contribution in [0.5, 0.6) is 0 Å². The molecule has 0 saturated heterocycles. The van der Waals surface area contributed by atoms with Crippen molar-refractivity contribution in [3.8, 4) is 0 Å². The fraction of sp³-hybridized carbons (Fsp3) is 0.400. The second-order valence-corrected chi connectivity index (χ2v) is 8.58. The third-order valence-electron chi connectivity index (χ3n) is 3.33. The molecule has 0 aliphatic carbocycles. The van der Waals surface area contributed by atoms with Crippen LogP contribution in [0.15, 0.2) is 29.2 Å². The summed E-state index contributed by atoms with van der Waals surface area (Å²) in [6, 6.07) is 5.78. The SMILES string of the molecule is CCCCc1nnc(NC(=O)c2ccc(S(=O)(=O)N(C)C)cc2)s1. The first kappa shape index (κ1) is 18.5. The maximum atomic E-state index is 12.2. The zero-order valence-electron chi connectivity index (χ0n) is 13.8. The molecule has 2 aromatic rings. The van der Waals surface area contributed by atoms with Crippen LogP contribution < -0.4 is 5.32 Å². The Labute approximate surface area is 145 Å². The van der Waals surface area contributed by atoms with Gasteiger partial charge in [-0.05, 0) is 30.7 Å². The molecule has 0 radical (unpaired) electrons. The highest BCUT2D eigenvalue weighted by atomic mass is 32.2. The molecule has 0 saturated carbocycles. The van der Waals surface area contributed by atoms with Gasteiger partial charge in [-0.3, -0.25) is 10.1 Å². The molecule has 0 spiro atoms. The molecular weight excluding hydrogens is 348 g/mol. The van der Waals surface area contributed by atoms with Crippen LogP contribution in [0.3, 0.4) is 0 Å². The van der Waals surface area contributed by atoms with Gasteiger partial charge in [0, 0.05) is 26.1 Å². The van der Waals surface area contributed by atoms with Crippen molar-refractivity contribution in [2.75, 3.05) is 19.4 Å². The molecule has 130 valence electrons. The van der Waals surface area contributed by atoms with Gasteiger partial charge in [0.15, 0.2) is 0 Å². The van der Waals surface area contributed by atoms with Crippen molar-refractivity contribution >= 4 is 32.4 Å². The first-order valence-electron chi connectivity index (χ1n) is 7.51. The summed E-state index contributed by atoms with van der Waals surface area (Å²) < 4.78 is 25.1. The number of anilines is 1. The van der Waals surface area contributed by atoms with Crippen LogP contribution in [0.4, 0.5) is 5.13 Å². The van der Waals surface area contributed by atoms with Crippen molar-refractivity contribution < 1.29 is 13.2 Å². The van der Waals surface area contributed by atoms with E-state index in [0.29, 0.717) is 10.7 Å². The van der Waals surface area contributed by atoms with Crippen molar-refractivity contribution in [3.05, 3.63) is 34.8 Å². The van der Waals surface area contributed by atoms with Gasteiger partial charge >= 0.3 is 0 Å². The van der Waals surface area contributed by atoms with E-state index in [4.69, 9.17) is 0 Å². The Kier molecular flexibility index (Phi) is 6.03. The van der Waals surface area contributed by atoms with Crippen LogP contribution >= 0.6 is 11.3 Å². The lowest BCUT2D eigenvalue weighted by Gasteiger charge is -2.11. The highest BCUT2D eigenvalue weighted by Crippen LogP contribution is 2.19. The Morgan fingerprint density at radius 1 is 1.21 bits per heavy atom. The summed E-state index contributed by atoms with van der Waals surface area (Å²) in [7, 11) is -0.583. The fourth-order valence-corrected chi connectivity index (χ4v) is 3.57. The topological polar surface area (TPSA) is 92.3 Å². The number of nitrogens with zero attached hydrogens (tertiary/aromatic N) is 3. The number of hydrogen-bond donors (Lipinski definition) is 1. The van der Waals surface area contributed by atoms with Gasteiger partial charge < -0.3 is 0 Å². The minimum absolute atomic E-state index is 0.141. The van der Waals surface area contributed by atoms with Gasteiger partial charge in [-0.25, -0.2) is 12.7 Å². The van der Waals surface area contributed by atoms with Crippen LogP contribution in [-0.2, 0) is 16.4 Å². The summed E-state index contributed by atoms with van der Waals surface area (Å²) in [5, 5.41) is 12.0. The molecule has 0 unspecified atom stereocenters. The molecule has 0 aliphatic rings. The quantitative estimate of drug-likeness (QED) is 0.810. The Morgan fingerprint density at radius 2 is 1.88 bits per heavy atom. The zero-order valence-corrected chi connectivity index (χ0v) is 15.4. The summed E-state index contributed by atoms with van der Waals surface area (Å²) in [4.78, 5) is 12.3. The first-order chi connectivity index (χ1) is 11.3. The molecule has 1 aromatic heterocycles. The number of hydrogen-bond acceptors (Lipinski definition) is 6. The van der Waals surface area contributed by atoms with Crippen LogP contribution in [0.2, 0.25) is 0 Å². The second-order valence-electron chi connectivity index (χ2n) is 5.37. The Morgan fingerprint density at radius 3 is 2.46 bits per heavy atom. The lowest BCUT2D eigenvalue weighted by molar-refractivity contribution is 0.102. The number of carbonyl (C=O) groups is 1. The van der Waals surface area contributed by atoms with Gasteiger partial charge in [0.05, 0.1) is 4.90 Å². The monoisotopic (exact) mass is 368 g/mol. The van der Waals surface area contributed by atoms with E-state index in [2.05, 4.69) is 22.4 Å². The maximum Gasteiger partial charge on any atom is 0.257 e. The number of nitrogens with one attached hydrogen (secondary N) is 1. The predicted octanol–water partition coefficient (Wildman–Crippen LogP) is 2.38. The normalized spacial score (nSPS) is 11.7. The first-order valence-corrected chi connectivity index (χ1v) is 9.76. The van der Waals surface area contributed by atoms with E-state index < -0.39 is 10.0 Å². The Hall–Kier alpha value is -1.84. The molecular formula is C15H20N4O3S2. The van der Waals surface area contributed by atoms with E-state index in [1.165, 1.54) is 49.7 Å². The van der Waals surface area contributed by atoms with Gasteiger partial charge in [-0.15, -0.1) is 10.2 Å². The minimum atomic E-state index is -3.50. The number of rotatable bonds is 7. The number of unbranched alkanes of at least 4 members (excludes halogenated alkanes) is 1. The third kappa shape index (κ3) is 4.37. The van der Waals surface area contributed by atoms with Crippen molar-refractivity contribution in [1.29, 1.82) is 0 Å². The molecule has 1 N–H and O–H groups in total. The van der Waals surface area contributed by atoms with E-state index in [0.717, 1.165) is 28.6 Å². The van der Waals surface area contributed by atoms with Gasteiger partial charge in [0.25, 0.3) is 5.91 Å². The number of amides is 1. The molecule has 9 heteroatoms. The van der Waals surface area contributed by atoms with Crippen LogP contribution in [0.1, 0.15) is 35.1 Å². The number of aromatic nitrogens is 2. The summed E-state index contributed by atoms with van der Waals surface area (Å²) in [5.74, 6) is -0.345. The molecule has 1 heterocycles. The molecule has 0 fully saturated rings. The number of sulfonamides is 1. The Bertz CT molecular complexity index is 798. The van der Waals surface area contributed by atoms with E-state index in [9.17, 15) is 13.2 Å². The second kappa shape index (κ2) is 7.82. The van der Waals surface area contributed by atoms with Gasteiger partial charge in [-0.2, -0.15) is 0 Å². The smallest absolute Gasteiger partial charge is 0.257 e. The van der Waals surface area contributed by atoms with E-state index in [1.807, 2.05) is 0 Å². The maximum absolute atomic E-state index is 12.2. The third-order valence-corrected chi connectivity index (χ3v) is 6.05. The summed E-state index contributed by atoms with van der Waals surface area (Å²) in [5.41, 5.74) is 0.359. The predicted molar refractivity (Wildman–Crippen MR) is 93.8 cm³/mol. The number of benzene rings is 1. The average molecular weight is 368 g/mol. The standard InChI is InChI=1S/C15H20N4O3S2/c1-4-5-6-13-17-18-15(23-13)16-14(20)11-7-9-12(10-8-11)24(21,22)19(2)3/h7-10H,4-6H2,1-3H3,(H,16,18,20). The molecule has 7 nitrogen and oxygen atoms in total. The molecule has 1 amide bonds. The van der Waals surface area contributed by atoms with Gasteiger partial charge in [0.1, 0.15) is 5.01 Å². The molecule has 0 aliphatic heterocycles. The molecule has 24 heavy (non-hydrogen) atoms. The van der Waals surface area contributed by atoms with Crippen LogP contribution in [0.25, 0.3) is 0 Å².